The average molecular weight is 272 g/mol. The molecule has 1 heterocycles. The van der Waals surface area contributed by atoms with Crippen LogP contribution >= 0.6 is 11.3 Å². The summed E-state index contributed by atoms with van der Waals surface area (Å²) in [6.45, 7) is 2.20. The maximum absolute atomic E-state index is 5.76. The molecule has 3 heteroatoms. The number of aryl methyl sites for hydroxylation is 1. The van der Waals surface area contributed by atoms with Crippen molar-refractivity contribution in [3.63, 3.8) is 0 Å². The molecule has 0 amide bonds. The summed E-state index contributed by atoms with van der Waals surface area (Å²) in [4.78, 5) is 2.80. The van der Waals surface area contributed by atoms with Crippen LogP contribution in [0.4, 0.5) is 0 Å². The monoisotopic (exact) mass is 272 g/mol. The number of fused-ring (bicyclic) bond motifs is 1. The summed E-state index contributed by atoms with van der Waals surface area (Å²) in [7, 11) is 0. The molecule has 2 nitrogen and oxygen atoms in total. The van der Waals surface area contributed by atoms with Crippen molar-refractivity contribution in [1.29, 1.82) is 0 Å². The summed E-state index contributed by atoms with van der Waals surface area (Å²) in [5, 5.41) is 0. The molecule has 100 valence electrons. The fourth-order valence-electron chi connectivity index (χ4n) is 2.90. The van der Waals surface area contributed by atoms with Gasteiger partial charge in [-0.2, -0.15) is 0 Å². The van der Waals surface area contributed by atoms with Crippen LogP contribution in [0.25, 0.3) is 0 Å². The number of hydrogen-bond donors (Lipinski definition) is 2. The van der Waals surface area contributed by atoms with Gasteiger partial charge in [-0.25, -0.2) is 0 Å². The summed E-state index contributed by atoms with van der Waals surface area (Å²) in [6, 6.07) is 13.5. The molecule has 1 aliphatic carbocycles. The molecule has 1 aliphatic rings. The maximum atomic E-state index is 5.76. The first kappa shape index (κ1) is 12.9. The minimum absolute atomic E-state index is 0.281. The normalized spacial score (nSPS) is 18.7. The summed E-state index contributed by atoms with van der Waals surface area (Å²) in [6.07, 6.45) is 3.39. The van der Waals surface area contributed by atoms with Crippen LogP contribution in [0.3, 0.4) is 0 Å². The molecule has 19 heavy (non-hydrogen) atoms. The Bertz CT molecular complexity index is 561. The Morgan fingerprint density at radius 3 is 2.84 bits per heavy atom. The van der Waals surface area contributed by atoms with Gasteiger partial charge in [-0.15, -0.1) is 11.3 Å². The number of benzene rings is 1. The highest BCUT2D eigenvalue weighted by molar-refractivity contribution is 7.12. The molecule has 2 unspecified atom stereocenters. The second-order valence-electron chi connectivity index (χ2n) is 5.21. The number of hydrogen-bond acceptors (Lipinski definition) is 3. The predicted molar refractivity (Wildman–Crippen MR) is 81.3 cm³/mol. The lowest BCUT2D eigenvalue weighted by molar-refractivity contribution is 0.440. The second-order valence-corrected chi connectivity index (χ2v) is 6.41. The molecule has 0 saturated carbocycles. The first-order valence-corrected chi connectivity index (χ1v) is 7.76. The minimum atomic E-state index is 0.281. The van der Waals surface area contributed by atoms with E-state index in [-0.39, 0.29) is 6.04 Å². The molecule has 0 saturated heterocycles. The summed E-state index contributed by atoms with van der Waals surface area (Å²) < 4.78 is 0. The van der Waals surface area contributed by atoms with Gasteiger partial charge in [-0.3, -0.25) is 11.3 Å². The minimum Gasteiger partial charge on any atom is -0.271 e. The third-order valence-corrected chi connectivity index (χ3v) is 5.40. The van der Waals surface area contributed by atoms with Gasteiger partial charge in [-0.1, -0.05) is 31.2 Å². The topological polar surface area (TPSA) is 38.0 Å². The second kappa shape index (κ2) is 5.45. The number of nitrogens with two attached hydrogens (primary N) is 1. The van der Waals surface area contributed by atoms with E-state index in [1.165, 1.54) is 27.3 Å². The first-order chi connectivity index (χ1) is 9.31. The van der Waals surface area contributed by atoms with E-state index in [1.54, 1.807) is 0 Å². The SMILES string of the molecule is CCc1ccc(C(CC2Cc3ccccc32)NN)s1. The van der Waals surface area contributed by atoms with E-state index < -0.39 is 0 Å². The van der Waals surface area contributed by atoms with Crippen molar-refractivity contribution in [3.8, 4) is 0 Å². The van der Waals surface area contributed by atoms with Gasteiger partial charge in [0.1, 0.15) is 0 Å². The number of hydrazine groups is 1. The van der Waals surface area contributed by atoms with Crippen LogP contribution in [0.2, 0.25) is 0 Å². The fourth-order valence-corrected chi connectivity index (χ4v) is 3.92. The predicted octanol–water partition coefficient (Wildman–Crippen LogP) is 3.54. The molecule has 0 spiro atoms. The molecule has 0 bridgehead atoms. The number of nitrogens with one attached hydrogen (secondary N) is 1. The maximum Gasteiger partial charge on any atom is 0.0559 e. The zero-order chi connectivity index (χ0) is 13.2. The summed E-state index contributed by atoms with van der Waals surface area (Å²) in [5.41, 5.74) is 6.01. The Kier molecular flexibility index (Phi) is 3.69. The molecule has 0 fully saturated rings. The van der Waals surface area contributed by atoms with E-state index in [0.29, 0.717) is 5.92 Å². The van der Waals surface area contributed by atoms with E-state index in [1.807, 2.05) is 11.3 Å². The lowest BCUT2D eigenvalue weighted by atomic mass is 9.74. The number of rotatable bonds is 5. The average Bonchev–Trinajstić information content (AvgIpc) is 2.89. The van der Waals surface area contributed by atoms with Crippen LogP contribution in [0.1, 0.15) is 46.2 Å². The Hall–Kier alpha value is -1.16. The lowest BCUT2D eigenvalue weighted by Gasteiger charge is -2.32. The molecule has 1 aromatic carbocycles. The van der Waals surface area contributed by atoms with Gasteiger partial charge in [0.05, 0.1) is 6.04 Å². The Morgan fingerprint density at radius 2 is 2.16 bits per heavy atom. The Morgan fingerprint density at radius 1 is 1.32 bits per heavy atom. The molecule has 0 aliphatic heterocycles. The first-order valence-electron chi connectivity index (χ1n) is 6.94. The Labute approximate surface area is 118 Å². The van der Waals surface area contributed by atoms with Gasteiger partial charge in [0.25, 0.3) is 0 Å². The van der Waals surface area contributed by atoms with Crippen LogP contribution in [0.5, 0.6) is 0 Å². The van der Waals surface area contributed by atoms with E-state index in [2.05, 4.69) is 48.7 Å². The van der Waals surface area contributed by atoms with Crippen LogP contribution in [-0.2, 0) is 12.8 Å². The molecular weight excluding hydrogens is 252 g/mol. The highest BCUT2D eigenvalue weighted by Gasteiger charge is 2.28. The third kappa shape index (κ3) is 2.46. The standard InChI is InChI=1S/C16H20N2S/c1-2-13-7-8-16(19-13)15(18-17)10-12-9-11-5-3-4-6-14(11)12/h3-8,12,15,18H,2,9-10,17H2,1H3. The van der Waals surface area contributed by atoms with Crippen molar-refractivity contribution in [2.24, 2.45) is 5.84 Å². The third-order valence-electron chi connectivity index (χ3n) is 4.06. The quantitative estimate of drug-likeness (QED) is 0.645. The van der Waals surface area contributed by atoms with Crippen molar-refractivity contribution in [1.82, 2.24) is 5.43 Å². The van der Waals surface area contributed by atoms with Gasteiger partial charge < -0.3 is 0 Å². The van der Waals surface area contributed by atoms with Crippen LogP contribution < -0.4 is 11.3 Å². The van der Waals surface area contributed by atoms with Crippen molar-refractivity contribution >= 4 is 11.3 Å². The molecule has 2 atom stereocenters. The van der Waals surface area contributed by atoms with Gasteiger partial charge in [0.15, 0.2) is 0 Å². The molecule has 3 N–H and O–H groups in total. The molecular formula is C16H20N2S. The van der Waals surface area contributed by atoms with Crippen LogP contribution in [-0.4, -0.2) is 0 Å². The van der Waals surface area contributed by atoms with Gasteiger partial charge in [0, 0.05) is 9.75 Å². The van der Waals surface area contributed by atoms with Crippen molar-refractivity contribution in [2.75, 3.05) is 0 Å². The smallest absolute Gasteiger partial charge is 0.0559 e. The van der Waals surface area contributed by atoms with Crippen molar-refractivity contribution < 1.29 is 0 Å². The summed E-state index contributed by atoms with van der Waals surface area (Å²) >= 11 is 1.88. The highest BCUT2D eigenvalue weighted by atomic mass is 32.1. The zero-order valence-electron chi connectivity index (χ0n) is 11.2. The number of thiophene rings is 1. The molecule has 1 aromatic heterocycles. The molecule has 3 rings (SSSR count). The lowest BCUT2D eigenvalue weighted by Crippen LogP contribution is -2.31. The Balaban J connectivity index is 1.72. The van der Waals surface area contributed by atoms with E-state index in [4.69, 9.17) is 5.84 Å². The summed E-state index contributed by atoms with van der Waals surface area (Å²) in [5.74, 6) is 6.42. The van der Waals surface area contributed by atoms with Gasteiger partial charge >= 0.3 is 0 Å². The molecule has 2 aromatic rings. The molecule has 0 radical (unpaired) electrons. The van der Waals surface area contributed by atoms with E-state index in [9.17, 15) is 0 Å². The highest BCUT2D eigenvalue weighted by Crippen LogP contribution is 2.41. The van der Waals surface area contributed by atoms with Crippen LogP contribution in [0, 0.1) is 0 Å². The van der Waals surface area contributed by atoms with Gasteiger partial charge in [0.2, 0.25) is 0 Å². The van der Waals surface area contributed by atoms with Crippen molar-refractivity contribution in [3.05, 3.63) is 57.3 Å². The van der Waals surface area contributed by atoms with E-state index in [0.717, 1.165) is 12.8 Å². The fraction of sp³-hybridized carbons (Fsp3) is 0.375. The van der Waals surface area contributed by atoms with E-state index >= 15 is 0 Å². The van der Waals surface area contributed by atoms with Crippen molar-refractivity contribution in [2.45, 2.75) is 38.1 Å². The zero-order valence-corrected chi connectivity index (χ0v) is 12.0. The van der Waals surface area contributed by atoms with Crippen LogP contribution in [0.15, 0.2) is 36.4 Å². The largest absolute Gasteiger partial charge is 0.271 e. The van der Waals surface area contributed by atoms with Gasteiger partial charge in [-0.05, 0) is 48.4 Å².